The van der Waals surface area contributed by atoms with Crippen molar-refractivity contribution in [1.82, 2.24) is 9.13 Å². The number of furan rings is 1. The molecule has 0 atom stereocenters. The van der Waals surface area contributed by atoms with Gasteiger partial charge in [-0.2, -0.15) is 0 Å². The van der Waals surface area contributed by atoms with E-state index in [1.54, 1.807) is 0 Å². The van der Waals surface area contributed by atoms with E-state index in [1.807, 2.05) is 23.5 Å². The van der Waals surface area contributed by atoms with Gasteiger partial charge in [0.05, 0.1) is 22.1 Å². The van der Waals surface area contributed by atoms with Gasteiger partial charge in [0.2, 0.25) is 0 Å². The topological polar surface area (TPSA) is 23.0 Å². The van der Waals surface area contributed by atoms with Crippen LogP contribution >= 0.6 is 11.3 Å². The van der Waals surface area contributed by atoms with Crippen molar-refractivity contribution in [2.75, 3.05) is 0 Å². The lowest BCUT2D eigenvalue weighted by atomic mass is 10.0. The second kappa shape index (κ2) is 10.5. The fourth-order valence-electron chi connectivity index (χ4n) is 8.62. The maximum Gasteiger partial charge on any atom is 0.135 e. The molecule has 0 aliphatic carbocycles. The van der Waals surface area contributed by atoms with Gasteiger partial charge in [-0.15, -0.1) is 11.3 Å². The maximum atomic E-state index is 6.17. The van der Waals surface area contributed by atoms with Crippen molar-refractivity contribution in [3.8, 4) is 22.5 Å². The average molecular weight is 681 g/mol. The number of para-hydroxylation sites is 3. The molecule has 8 aromatic carbocycles. The SMILES string of the molecule is c1cc(-c2ccc3oc4ccccc4c3c2)cc(-n2c3cc(-n4c5ccccc5c5ccccc54)ccc3c3c4sc5ccccc5c4ccc32)c1. The summed E-state index contributed by atoms with van der Waals surface area (Å²) < 4.78 is 13.7. The molecule has 0 aliphatic rings. The van der Waals surface area contributed by atoms with Crippen molar-refractivity contribution in [1.29, 1.82) is 0 Å². The summed E-state index contributed by atoms with van der Waals surface area (Å²) in [5.41, 5.74) is 11.3. The fraction of sp³-hybridized carbons (Fsp3) is 0. The van der Waals surface area contributed by atoms with Crippen molar-refractivity contribution in [2.24, 2.45) is 0 Å². The van der Waals surface area contributed by atoms with Gasteiger partial charge in [-0.1, -0.05) is 103 Å². The van der Waals surface area contributed by atoms with E-state index in [4.69, 9.17) is 4.42 Å². The van der Waals surface area contributed by atoms with Crippen LogP contribution in [0.25, 0.3) is 108 Å². The molecule has 0 bridgehead atoms. The Morgan fingerprint density at radius 1 is 0.365 bits per heavy atom. The number of hydrogen-bond donors (Lipinski definition) is 0. The van der Waals surface area contributed by atoms with Crippen molar-refractivity contribution in [3.63, 3.8) is 0 Å². The molecule has 0 saturated carbocycles. The quantitative estimate of drug-likeness (QED) is 0.182. The van der Waals surface area contributed by atoms with Crippen LogP contribution in [0.2, 0.25) is 0 Å². The van der Waals surface area contributed by atoms with E-state index >= 15 is 0 Å². The Kier molecular flexibility index (Phi) is 5.65. The Hall–Kier alpha value is -6.62. The van der Waals surface area contributed by atoms with Gasteiger partial charge in [-0.05, 0) is 77.9 Å². The third-order valence-corrected chi connectivity index (χ3v) is 12.1. The van der Waals surface area contributed by atoms with Crippen LogP contribution in [0.5, 0.6) is 0 Å². The highest BCUT2D eigenvalue weighted by Crippen LogP contribution is 2.44. The van der Waals surface area contributed by atoms with Gasteiger partial charge < -0.3 is 13.6 Å². The van der Waals surface area contributed by atoms with E-state index in [1.165, 1.54) is 74.9 Å². The molecule has 12 rings (SSSR count). The predicted octanol–water partition coefficient (Wildman–Crippen LogP) is 13.8. The van der Waals surface area contributed by atoms with Crippen LogP contribution in [0, 0.1) is 0 Å². The van der Waals surface area contributed by atoms with E-state index in [-0.39, 0.29) is 0 Å². The summed E-state index contributed by atoms with van der Waals surface area (Å²) in [6, 6.07) is 61.8. The van der Waals surface area contributed by atoms with Crippen LogP contribution in [0.15, 0.2) is 174 Å². The Morgan fingerprint density at radius 2 is 1.02 bits per heavy atom. The van der Waals surface area contributed by atoms with Crippen molar-refractivity contribution >= 4 is 97.1 Å². The minimum absolute atomic E-state index is 0.911. The summed E-state index contributed by atoms with van der Waals surface area (Å²) in [4.78, 5) is 0. The number of thiophene rings is 1. The number of fused-ring (bicyclic) bond motifs is 13. The van der Waals surface area contributed by atoms with Crippen molar-refractivity contribution in [3.05, 3.63) is 170 Å². The molecule has 242 valence electrons. The lowest BCUT2D eigenvalue weighted by Crippen LogP contribution is -1.97. The molecule has 0 amide bonds. The molecule has 4 heteroatoms. The largest absolute Gasteiger partial charge is 0.456 e. The van der Waals surface area contributed by atoms with Crippen molar-refractivity contribution < 1.29 is 4.42 Å². The van der Waals surface area contributed by atoms with Gasteiger partial charge in [0.1, 0.15) is 11.2 Å². The van der Waals surface area contributed by atoms with E-state index < -0.39 is 0 Å². The summed E-state index contributed by atoms with van der Waals surface area (Å²) in [5.74, 6) is 0. The molecular formula is C48H28N2OS. The molecule has 4 aromatic heterocycles. The highest BCUT2D eigenvalue weighted by atomic mass is 32.1. The van der Waals surface area contributed by atoms with Gasteiger partial charge in [-0.25, -0.2) is 0 Å². The summed E-state index contributed by atoms with van der Waals surface area (Å²) in [5, 5.41) is 10.00. The molecule has 4 heterocycles. The fourth-order valence-corrected chi connectivity index (χ4v) is 9.88. The molecule has 0 spiro atoms. The first-order valence-electron chi connectivity index (χ1n) is 17.7. The molecule has 0 unspecified atom stereocenters. The molecule has 0 N–H and O–H groups in total. The second-order valence-corrected chi connectivity index (χ2v) is 14.8. The number of benzene rings is 8. The summed E-state index contributed by atoms with van der Waals surface area (Å²) in [6.45, 7) is 0. The Bertz CT molecular complexity index is 3370. The Morgan fingerprint density at radius 3 is 1.87 bits per heavy atom. The standard InChI is InChI=1S/C48H28N2OS/c1-5-16-40-33(12-1)34-13-2-6-17-41(34)49(40)32-21-22-38-43(28-32)50(42-24-23-37-36-15-4-8-19-46(36)52-48(37)47(38)42)31-11-9-10-29(26-31)30-20-25-45-39(27-30)35-14-3-7-18-44(35)51-45/h1-28H. The number of aromatic nitrogens is 2. The number of hydrogen-bond acceptors (Lipinski definition) is 2. The lowest BCUT2D eigenvalue weighted by Gasteiger charge is -2.12. The van der Waals surface area contributed by atoms with Crippen LogP contribution in [0.4, 0.5) is 0 Å². The molecule has 0 aliphatic heterocycles. The third kappa shape index (κ3) is 3.84. The first kappa shape index (κ1) is 28.1. The first-order valence-corrected chi connectivity index (χ1v) is 18.5. The smallest absolute Gasteiger partial charge is 0.135 e. The van der Waals surface area contributed by atoms with E-state index in [0.717, 1.165) is 33.3 Å². The highest BCUT2D eigenvalue weighted by Gasteiger charge is 2.20. The van der Waals surface area contributed by atoms with Crippen LogP contribution in [0.3, 0.4) is 0 Å². The molecule has 0 radical (unpaired) electrons. The summed E-state index contributed by atoms with van der Waals surface area (Å²) in [6.07, 6.45) is 0. The molecule has 0 saturated heterocycles. The molecule has 52 heavy (non-hydrogen) atoms. The third-order valence-electron chi connectivity index (χ3n) is 10.9. The second-order valence-electron chi connectivity index (χ2n) is 13.7. The van der Waals surface area contributed by atoms with Crippen LogP contribution in [-0.4, -0.2) is 9.13 Å². The monoisotopic (exact) mass is 680 g/mol. The van der Waals surface area contributed by atoms with E-state index in [9.17, 15) is 0 Å². The van der Waals surface area contributed by atoms with Gasteiger partial charge in [-0.3, -0.25) is 0 Å². The number of nitrogens with zero attached hydrogens (tertiary/aromatic N) is 2. The van der Waals surface area contributed by atoms with Crippen LogP contribution < -0.4 is 0 Å². The van der Waals surface area contributed by atoms with Crippen LogP contribution in [-0.2, 0) is 0 Å². The normalized spacial score (nSPS) is 12.2. The van der Waals surface area contributed by atoms with Gasteiger partial charge >= 0.3 is 0 Å². The van der Waals surface area contributed by atoms with E-state index in [0.29, 0.717) is 0 Å². The lowest BCUT2D eigenvalue weighted by molar-refractivity contribution is 0.669. The molecule has 12 aromatic rings. The molecule has 3 nitrogen and oxygen atoms in total. The van der Waals surface area contributed by atoms with Gasteiger partial charge in [0.15, 0.2) is 0 Å². The molecule has 0 fully saturated rings. The van der Waals surface area contributed by atoms with Crippen molar-refractivity contribution in [2.45, 2.75) is 0 Å². The maximum absolute atomic E-state index is 6.17. The highest BCUT2D eigenvalue weighted by molar-refractivity contribution is 7.26. The van der Waals surface area contributed by atoms with E-state index in [2.05, 4.69) is 167 Å². The zero-order chi connectivity index (χ0) is 33.9. The summed E-state index contributed by atoms with van der Waals surface area (Å²) in [7, 11) is 0. The zero-order valence-electron chi connectivity index (χ0n) is 27.9. The summed E-state index contributed by atoms with van der Waals surface area (Å²) >= 11 is 1.90. The molecular weight excluding hydrogens is 653 g/mol. The van der Waals surface area contributed by atoms with Crippen LogP contribution in [0.1, 0.15) is 0 Å². The number of rotatable bonds is 3. The minimum Gasteiger partial charge on any atom is -0.456 e. The average Bonchev–Trinajstić information content (AvgIpc) is 3.95. The Balaban J connectivity index is 1.15. The zero-order valence-corrected chi connectivity index (χ0v) is 28.7. The van der Waals surface area contributed by atoms with Gasteiger partial charge in [0, 0.05) is 63.9 Å². The Labute approximate surface area is 301 Å². The predicted molar refractivity (Wildman–Crippen MR) is 221 cm³/mol. The van der Waals surface area contributed by atoms with Gasteiger partial charge in [0.25, 0.3) is 0 Å². The minimum atomic E-state index is 0.911. The first-order chi connectivity index (χ1) is 25.8.